The number of rotatable bonds is 7. The molecule has 160 valence electrons. The third kappa shape index (κ3) is 4.45. The summed E-state index contributed by atoms with van der Waals surface area (Å²) in [6.45, 7) is 1.90. The summed E-state index contributed by atoms with van der Waals surface area (Å²) in [5.41, 5.74) is 4.63. The summed E-state index contributed by atoms with van der Waals surface area (Å²) in [6.07, 6.45) is 7.49. The maximum absolute atomic E-state index is 13.3. The van der Waals surface area contributed by atoms with E-state index in [4.69, 9.17) is 0 Å². The van der Waals surface area contributed by atoms with Crippen molar-refractivity contribution in [3.05, 3.63) is 52.8 Å². The van der Waals surface area contributed by atoms with Crippen LogP contribution in [0.25, 0.3) is 11.1 Å². The fourth-order valence-electron chi connectivity index (χ4n) is 4.79. The Morgan fingerprint density at radius 3 is 2.60 bits per heavy atom. The summed E-state index contributed by atoms with van der Waals surface area (Å²) in [7, 11) is 0. The molecule has 0 spiro atoms. The van der Waals surface area contributed by atoms with Crippen molar-refractivity contribution >= 4 is 5.78 Å². The molecule has 2 aromatic rings. The Labute approximate surface area is 175 Å². The highest BCUT2D eigenvalue weighted by Gasteiger charge is 2.35. The number of halogens is 3. The molecular formula is C25H28F3NO. The molecule has 0 aliphatic heterocycles. The van der Waals surface area contributed by atoms with Crippen LogP contribution in [-0.2, 0) is 17.4 Å². The predicted molar refractivity (Wildman–Crippen MR) is 111 cm³/mol. The molecule has 1 fully saturated rings. The van der Waals surface area contributed by atoms with Gasteiger partial charge in [-0.15, -0.1) is 0 Å². The maximum Gasteiger partial charge on any atom is 0.416 e. The Morgan fingerprint density at radius 1 is 1.10 bits per heavy atom. The third-order valence-corrected chi connectivity index (χ3v) is 6.60. The van der Waals surface area contributed by atoms with E-state index in [0.29, 0.717) is 24.5 Å². The van der Waals surface area contributed by atoms with Gasteiger partial charge in [0.15, 0.2) is 0 Å². The van der Waals surface area contributed by atoms with E-state index in [1.807, 2.05) is 19.3 Å². The smallest absolute Gasteiger partial charge is 0.300 e. The number of hydrogen-bond acceptors (Lipinski definition) is 2. The highest BCUT2D eigenvalue weighted by Crippen LogP contribution is 2.48. The minimum atomic E-state index is -4.32. The van der Waals surface area contributed by atoms with Gasteiger partial charge in [0.2, 0.25) is 0 Å². The Kier molecular flexibility index (Phi) is 5.99. The quantitative estimate of drug-likeness (QED) is 0.478. The van der Waals surface area contributed by atoms with Crippen molar-refractivity contribution < 1.29 is 18.0 Å². The number of Topliss-reactive ketones (excluding diaryl/α,β-unsaturated/α-hetero) is 1. The highest BCUT2D eigenvalue weighted by molar-refractivity contribution is 5.78. The van der Waals surface area contributed by atoms with Gasteiger partial charge in [-0.2, -0.15) is 13.2 Å². The van der Waals surface area contributed by atoms with Gasteiger partial charge in [-0.05, 0) is 91.2 Å². The van der Waals surface area contributed by atoms with Gasteiger partial charge in [0.1, 0.15) is 5.78 Å². The number of aromatic nitrogens is 1. The summed E-state index contributed by atoms with van der Waals surface area (Å²) < 4.78 is 39.8. The second-order valence-electron chi connectivity index (χ2n) is 8.70. The Morgan fingerprint density at radius 2 is 1.90 bits per heavy atom. The fourth-order valence-corrected chi connectivity index (χ4v) is 4.79. The molecule has 0 amide bonds. The number of hydrogen-bond donors (Lipinski definition) is 0. The van der Waals surface area contributed by atoms with Crippen molar-refractivity contribution in [2.45, 2.75) is 82.7 Å². The fraction of sp³-hybridized carbons (Fsp3) is 0.520. The van der Waals surface area contributed by atoms with Crippen molar-refractivity contribution in [1.82, 2.24) is 4.98 Å². The van der Waals surface area contributed by atoms with Crippen LogP contribution in [0.2, 0.25) is 0 Å². The van der Waals surface area contributed by atoms with Gasteiger partial charge in [-0.1, -0.05) is 13.0 Å². The normalized spacial score (nSPS) is 18.9. The first-order valence-electron chi connectivity index (χ1n) is 11.1. The van der Waals surface area contributed by atoms with Gasteiger partial charge in [-0.3, -0.25) is 9.78 Å². The zero-order valence-electron chi connectivity index (χ0n) is 17.4. The van der Waals surface area contributed by atoms with E-state index in [-0.39, 0.29) is 5.92 Å². The van der Waals surface area contributed by atoms with Gasteiger partial charge >= 0.3 is 6.18 Å². The van der Waals surface area contributed by atoms with Gasteiger partial charge in [0.25, 0.3) is 0 Å². The van der Waals surface area contributed by atoms with Gasteiger partial charge in [0, 0.05) is 30.8 Å². The minimum Gasteiger partial charge on any atom is -0.300 e. The molecule has 1 aromatic carbocycles. The van der Waals surface area contributed by atoms with Crippen LogP contribution in [0.4, 0.5) is 13.2 Å². The molecule has 4 rings (SSSR count). The predicted octanol–water partition coefficient (Wildman–Crippen LogP) is 7.21. The Hall–Kier alpha value is -2.17. The first-order valence-corrected chi connectivity index (χ1v) is 11.1. The second kappa shape index (κ2) is 8.52. The van der Waals surface area contributed by atoms with E-state index >= 15 is 0 Å². The lowest BCUT2D eigenvalue weighted by Gasteiger charge is -2.28. The van der Waals surface area contributed by atoms with Crippen molar-refractivity contribution in [2.75, 3.05) is 0 Å². The van der Waals surface area contributed by atoms with Gasteiger partial charge < -0.3 is 0 Å². The number of ketones is 1. The van der Waals surface area contributed by atoms with E-state index in [9.17, 15) is 18.0 Å². The average molecular weight is 415 g/mol. The molecule has 30 heavy (non-hydrogen) atoms. The van der Waals surface area contributed by atoms with E-state index in [0.717, 1.165) is 61.6 Å². The Bertz CT molecular complexity index is 930. The molecule has 1 saturated carbocycles. The van der Waals surface area contributed by atoms with Gasteiger partial charge in [0.05, 0.1) is 5.56 Å². The SMILES string of the molecule is CCC(=O)CCCC1CCCc2c(-c3ccc(C(F)(F)F)cc3C3CC3)cncc21. The summed E-state index contributed by atoms with van der Waals surface area (Å²) >= 11 is 0. The zero-order chi connectivity index (χ0) is 21.3. The molecule has 2 nitrogen and oxygen atoms in total. The van der Waals surface area contributed by atoms with Crippen LogP contribution >= 0.6 is 0 Å². The summed E-state index contributed by atoms with van der Waals surface area (Å²) in [6, 6.07) is 4.21. The standard InChI is InChI=1S/C25H28F3NO/c1-2-19(30)7-3-5-16-6-4-8-20-23(16)14-29-15-24(20)21-12-11-18(25(26,27)28)13-22(21)17-9-10-17/h11-17H,2-10H2,1H3. The molecule has 1 atom stereocenters. The van der Waals surface area contributed by atoms with E-state index in [1.54, 1.807) is 6.07 Å². The topological polar surface area (TPSA) is 30.0 Å². The van der Waals surface area contributed by atoms with Crippen LogP contribution in [0.5, 0.6) is 0 Å². The molecule has 2 aliphatic rings. The monoisotopic (exact) mass is 415 g/mol. The molecular weight excluding hydrogens is 387 g/mol. The first-order chi connectivity index (χ1) is 14.4. The lowest BCUT2D eigenvalue weighted by atomic mass is 9.78. The molecule has 5 heteroatoms. The molecule has 0 bridgehead atoms. The molecule has 0 radical (unpaired) electrons. The number of nitrogens with zero attached hydrogens (tertiary/aromatic N) is 1. The van der Waals surface area contributed by atoms with Crippen LogP contribution in [0.3, 0.4) is 0 Å². The third-order valence-electron chi connectivity index (χ3n) is 6.60. The molecule has 2 aliphatic carbocycles. The average Bonchev–Trinajstić information content (AvgIpc) is 3.57. The number of alkyl halides is 3. The van der Waals surface area contributed by atoms with Gasteiger partial charge in [-0.25, -0.2) is 0 Å². The van der Waals surface area contributed by atoms with Crippen LogP contribution in [0.15, 0.2) is 30.6 Å². The number of carbonyl (C=O) groups is 1. The molecule has 0 N–H and O–H groups in total. The molecule has 0 saturated heterocycles. The van der Waals surface area contributed by atoms with E-state index < -0.39 is 11.7 Å². The summed E-state index contributed by atoms with van der Waals surface area (Å²) in [5.74, 6) is 0.902. The first kappa shape index (κ1) is 21.1. The van der Waals surface area contributed by atoms with E-state index in [2.05, 4.69) is 4.98 Å². The lowest BCUT2D eigenvalue weighted by molar-refractivity contribution is -0.137. The Balaban J connectivity index is 1.67. The van der Waals surface area contributed by atoms with Crippen LogP contribution in [0, 0.1) is 0 Å². The molecule has 1 aromatic heterocycles. The van der Waals surface area contributed by atoms with Crippen molar-refractivity contribution in [3.63, 3.8) is 0 Å². The number of carbonyl (C=O) groups excluding carboxylic acids is 1. The molecule has 1 unspecified atom stereocenters. The van der Waals surface area contributed by atoms with Crippen LogP contribution in [-0.4, -0.2) is 10.8 Å². The maximum atomic E-state index is 13.3. The summed E-state index contributed by atoms with van der Waals surface area (Å²) in [4.78, 5) is 16.1. The summed E-state index contributed by atoms with van der Waals surface area (Å²) in [5, 5.41) is 0. The largest absolute Gasteiger partial charge is 0.416 e. The van der Waals surface area contributed by atoms with Crippen LogP contribution < -0.4 is 0 Å². The minimum absolute atomic E-state index is 0.220. The zero-order valence-corrected chi connectivity index (χ0v) is 17.4. The number of fused-ring (bicyclic) bond motifs is 1. The molecule has 1 heterocycles. The number of benzene rings is 1. The number of pyridine rings is 1. The van der Waals surface area contributed by atoms with Crippen molar-refractivity contribution in [3.8, 4) is 11.1 Å². The second-order valence-corrected chi connectivity index (χ2v) is 8.70. The lowest BCUT2D eigenvalue weighted by Crippen LogP contribution is -2.13. The van der Waals surface area contributed by atoms with Crippen molar-refractivity contribution in [2.24, 2.45) is 0 Å². The van der Waals surface area contributed by atoms with Crippen molar-refractivity contribution in [1.29, 1.82) is 0 Å². The van der Waals surface area contributed by atoms with E-state index in [1.165, 1.54) is 23.3 Å². The van der Waals surface area contributed by atoms with Crippen LogP contribution in [0.1, 0.15) is 92.4 Å². The highest BCUT2D eigenvalue weighted by atomic mass is 19.4.